The number of hydrogen-bond acceptors (Lipinski definition) is 2. The molecule has 14 heavy (non-hydrogen) atoms. The minimum absolute atomic E-state index is 0.119. The maximum Gasteiger partial charge on any atom is 0.314 e. The number of aliphatic hydroxyl groups is 1. The van der Waals surface area contributed by atoms with E-state index in [1.165, 1.54) is 25.7 Å². The van der Waals surface area contributed by atoms with Crippen LogP contribution >= 0.6 is 0 Å². The Morgan fingerprint density at radius 1 is 1.43 bits per heavy atom. The zero-order chi connectivity index (χ0) is 10.4. The number of amides is 2. The average molecular weight is 200 g/mol. The Kier molecular flexibility index (Phi) is 4.73. The first-order chi connectivity index (χ1) is 6.74. The van der Waals surface area contributed by atoms with Gasteiger partial charge in [0.05, 0.1) is 0 Å². The molecule has 0 bridgehead atoms. The highest BCUT2D eigenvalue weighted by molar-refractivity contribution is 5.71. The topological polar surface area (TPSA) is 66.6 Å². The summed E-state index contributed by atoms with van der Waals surface area (Å²) in [4.78, 5) is 12.7. The molecule has 1 saturated carbocycles. The van der Waals surface area contributed by atoms with Gasteiger partial charge in [0.1, 0.15) is 0 Å². The molecule has 1 aliphatic carbocycles. The van der Waals surface area contributed by atoms with Gasteiger partial charge in [0.2, 0.25) is 0 Å². The number of hydrogen-bond donors (Lipinski definition) is 2. The van der Waals surface area contributed by atoms with Crippen LogP contribution in [-0.4, -0.2) is 35.7 Å². The minimum Gasteiger partial charge on any atom is -0.396 e. The average Bonchev–Trinajstić information content (AvgIpc) is 2.64. The fourth-order valence-corrected chi connectivity index (χ4v) is 2.06. The largest absolute Gasteiger partial charge is 0.396 e. The van der Waals surface area contributed by atoms with Crippen molar-refractivity contribution in [3.8, 4) is 0 Å². The lowest BCUT2D eigenvalue weighted by Crippen LogP contribution is -2.39. The highest BCUT2D eigenvalue weighted by Crippen LogP contribution is 2.25. The van der Waals surface area contributed by atoms with E-state index in [-0.39, 0.29) is 12.6 Å². The lowest BCUT2D eigenvalue weighted by Gasteiger charge is -2.23. The molecule has 0 saturated heterocycles. The number of carbonyl (C=O) groups excluding carboxylic acids is 1. The minimum atomic E-state index is -0.356. The van der Waals surface area contributed by atoms with E-state index in [1.807, 2.05) is 0 Å². The van der Waals surface area contributed by atoms with Crippen molar-refractivity contribution in [2.45, 2.75) is 32.1 Å². The quantitative estimate of drug-likeness (QED) is 0.693. The van der Waals surface area contributed by atoms with Gasteiger partial charge in [-0.2, -0.15) is 0 Å². The van der Waals surface area contributed by atoms with E-state index in [0.717, 1.165) is 6.54 Å². The van der Waals surface area contributed by atoms with Crippen molar-refractivity contribution in [2.24, 2.45) is 11.7 Å². The Balaban J connectivity index is 2.30. The molecule has 82 valence electrons. The molecule has 0 heterocycles. The van der Waals surface area contributed by atoms with Gasteiger partial charge in [-0.25, -0.2) is 4.79 Å². The van der Waals surface area contributed by atoms with Crippen LogP contribution in [0.4, 0.5) is 4.79 Å². The van der Waals surface area contributed by atoms with Crippen molar-refractivity contribution in [1.82, 2.24) is 4.90 Å². The second kappa shape index (κ2) is 5.86. The molecular formula is C10H20N2O2. The molecule has 0 spiro atoms. The Bertz CT molecular complexity index is 179. The third-order valence-electron chi connectivity index (χ3n) is 2.85. The summed E-state index contributed by atoms with van der Waals surface area (Å²) in [6.45, 7) is 1.48. The molecule has 4 nitrogen and oxygen atoms in total. The van der Waals surface area contributed by atoms with Gasteiger partial charge in [0, 0.05) is 19.7 Å². The van der Waals surface area contributed by atoms with Crippen LogP contribution in [0.1, 0.15) is 32.1 Å². The first-order valence-electron chi connectivity index (χ1n) is 5.39. The zero-order valence-corrected chi connectivity index (χ0v) is 8.61. The summed E-state index contributed by atoms with van der Waals surface area (Å²) < 4.78 is 0. The van der Waals surface area contributed by atoms with Gasteiger partial charge in [-0.1, -0.05) is 12.8 Å². The van der Waals surface area contributed by atoms with E-state index in [4.69, 9.17) is 10.8 Å². The smallest absolute Gasteiger partial charge is 0.314 e. The summed E-state index contributed by atoms with van der Waals surface area (Å²) in [5.74, 6) is 0.626. The molecule has 1 fully saturated rings. The Morgan fingerprint density at radius 2 is 2.07 bits per heavy atom. The molecule has 2 amide bonds. The lowest BCUT2D eigenvalue weighted by atomic mass is 10.1. The standard InChI is InChI=1S/C10H20N2O2/c11-10(14)12(6-3-7-13)8-9-4-1-2-5-9/h9,13H,1-8H2,(H2,11,14). The molecule has 1 aliphatic rings. The Morgan fingerprint density at radius 3 is 2.57 bits per heavy atom. The number of carbonyl (C=O) groups is 1. The van der Waals surface area contributed by atoms with Gasteiger partial charge in [0.25, 0.3) is 0 Å². The van der Waals surface area contributed by atoms with Crippen molar-refractivity contribution < 1.29 is 9.90 Å². The molecular weight excluding hydrogens is 180 g/mol. The summed E-state index contributed by atoms with van der Waals surface area (Å²) in [6, 6.07) is -0.356. The van der Waals surface area contributed by atoms with Crippen LogP contribution in [0, 0.1) is 5.92 Å². The molecule has 0 aromatic carbocycles. The number of urea groups is 1. The van der Waals surface area contributed by atoms with Gasteiger partial charge in [0.15, 0.2) is 0 Å². The van der Waals surface area contributed by atoms with Gasteiger partial charge in [-0.15, -0.1) is 0 Å². The van der Waals surface area contributed by atoms with E-state index in [2.05, 4.69) is 0 Å². The highest BCUT2D eigenvalue weighted by atomic mass is 16.3. The van der Waals surface area contributed by atoms with Crippen molar-refractivity contribution in [1.29, 1.82) is 0 Å². The van der Waals surface area contributed by atoms with E-state index in [0.29, 0.717) is 18.9 Å². The third-order valence-corrected chi connectivity index (χ3v) is 2.85. The van der Waals surface area contributed by atoms with Crippen LogP contribution in [0.3, 0.4) is 0 Å². The summed E-state index contributed by atoms with van der Waals surface area (Å²) in [5, 5.41) is 8.68. The molecule has 0 atom stereocenters. The molecule has 0 aromatic heterocycles. The first kappa shape index (κ1) is 11.3. The van der Waals surface area contributed by atoms with Gasteiger partial charge in [-0.3, -0.25) is 0 Å². The zero-order valence-electron chi connectivity index (χ0n) is 8.61. The SMILES string of the molecule is NC(=O)N(CCCO)CC1CCCC1. The first-order valence-corrected chi connectivity index (χ1v) is 5.39. The summed E-state index contributed by atoms with van der Waals surface area (Å²) in [5.41, 5.74) is 5.26. The molecule has 0 aromatic rings. The Labute approximate surface area is 85.1 Å². The van der Waals surface area contributed by atoms with Crippen molar-refractivity contribution >= 4 is 6.03 Å². The predicted octanol–water partition coefficient (Wildman–Crippen LogP) is 0.940. The van der Waals surface area contributed by atoms with Gasteiger partial charge in [-0.05, 0) is 25.2 Å². The molecule has 4 heteroatoms. The number of nitrogens with two attached hydrogens (primary N) is 1. The molecule has 0 aliphatic heterocycles. The second-order valence-corrected chi connectivity index (χ2v) is 4.01. The van der Waals surface area contributed by atoms with Crippen molar-refractivity contribution in [3.63, 3.8) is 0 Å². The van der Waals surface area contributed by atoms with Crippen molar-refractivity contribution in [2.75, 3.05) is 19.7 Å². The van der Waals surface area contributed by atoms with Crippen LogP contribution in [-0.2, 0) is 0 Å². The van der Waals surface area contributed by atoms with Crippen LogP contribution in [0.2, 0.25) is 0 Å². The molecule has 1 rings (SSSR count). The fourth-order valence-electron chi connectivity index (χ4n) is 2.06. The summed E-state index contributed by atoms with van der Waals surface area (Å²) in [6.07, 6.45) is 5.59. The van der Waals surface area contributed by atoms with Gasteiger partial charge >= 0.3 is 6.03 Å². The van der Waals surface area contributed by atoms with Gasteiger partial charge < -0.3 is 15.7 Å². The molecule has 3 N–H and O–H groups in total. The van der Waals surface area contributed by atoms with Crippen LogP contribution in [0.5, 0.6) is 0 Å². The predicted molar refractivity (Wildman–Crippen MR) is 54.8 cm³/mol. The number of primary amides is 1. The van der Waals surface area contributed by atoms with E-state index < -0.39 is 0 Å². The fraction of sp³-hybridized carbons (Fsp3) is 0.900. The number of nitrogens with zero attached hydrogens (tertiary/aromatic N) is 1. The summed E-state index contributed by atoms with van der Waals surface area (Å²) >= 11 is 0. The Hall–Kier alpha value is -0.770. The highest BCUT2D eigenvalue weighted by Gasteiger charge is 2.19. The van der Waals surface area contributed by atoms with Crippen LogP contribution < -0.4 is 5.73 Å². The normalized spacial score (nSPS) is 17.2. The van der Waals surface area contributed by atoms with E-state index >= 15 is 0 Å². The van der Waals surface area contributed by atoms with E-state index in [1.54, 1.807) is 4.90 Å². The maximum absolute atomic E-state index is 11.1. The second-order valence-electron chi connectivity index (χ2n) is 4.01. The van der Waals surface area contributed by atoms with Crippen LogP contribution in [0.25, 0.3) is 0 Å². The summed E-state index contributed by atoms with van der Waals surface area (Å²) in [7, 11) is 0. The maximum atomic E-state index is 11.1. The van der Waals surface area contributed by atoms with Crippen LogP contribution in [0.15, 0.2) is 0 Å². The third kappa shape index (κ3) is 3.54. The molecule has 0 radical (unpaired) electrons. The molecule has 0 unspecified atom stereocenters. The number of aliphatic hydroxyl groups excluding tert-OH is 1. The lowest BCUT2D eigenvalue weighted by molar-refractivity contribution is 0.187. The number of rotatable bonds is 5. The van der Waals surface area contributed by atoms with E-state index in [9.17, 15) is 4.79 Å². The van der Waals surface area contributed by atoms with Crippen molar-refractivity contribution in [3.05, 3.63) is 0 Å². The monoisotopic (exact) mass is 200 g/mol.